The van der Waals surface area contributed by atoms with Crippen molar-refractivity contribution in [1.29, 1.82) is 0 Å². The van der Waals surface area contributed by atoms with Crippen molar-refractivity contribution in [2.75, 3.05) is 13.1 Å². The summed E-state index contributed by atoms with van der Waals surface area (Å²) in [5, 5.41) is 9.84. The van der Waals surface area contributed by atoms with Gasteiger partial charge in [-0.05, 0) is 45.5 Å². The molecule has 0 aromatic heterocycles. The van der Waals surface area contributed by atoms with E-state index in [1.54, 1.807) is 25.7 Å². The van der Waals surface area contributed by atoms with E-state index in [-0.39, 0.29) is 11.3 Å². The molecular weight excluding hydrogens is 264 g/mol. The Labute approximate surface area is 118 Å². The third-order valence-electron chi connectivity index (χ3n) is 3.13. The van der Waals surface area contributed by atoms with Crippen LogP contribution in [0.25, 0.3) is 0 Å². The average molecular weight is 285 g/mol. The second-order valence-electron chi connectivity index (χ2n) is 5.54. The Morgan fingerprint density at radius 3 is 2.40 bits per heavy atom. The van der Waals surface area contributed by atoms with Crippen LogP contribution >= 0.6 is 0 Å². The number of carbonyl (C=O) groups excluding carboxylic acids is 1. The molecule has 5 heteroatoms. The molecule has 0 saturated carbocycles. The predicted molar refractivity (Wildman–Crippen MR) is 73.7 cm³/mol. The third kappa shape index (κ3) is 4.35. The quantitative estimate of drug-likeness (QED) is 0.817. The first kappa shape index (κ1) is 16.7. The largest absolute Gasteiger partial charge is 0.389 e. The average Bonchev–Trinajstić information content (AvgIpc) is 2.36. The number of nitrogens with zero attached hydrogens (tertiary/aromatic N) is 1. The molecule has 0 amide bonds. The Bertz CT molecular complexity index is 483. The zero-order chi connectivity index (χ0) is 15.5. The van der Waals surface area contributed by atoms with Crippen molar-refractivity contribution in [1.82, 2.24) is 4.90 Å². The maximum atomic E-state index is 13.2. The zero-order valence-corrected chi connectivity index (χ0v) is 12.3. The molecule has 1 rings (SSSR count). The van der Waals surface area contributed by atoms with E-state index in [0.717, 1.165) is 12.1 Å². The topological polar surface area (TPSA) is 40.5 Å². The van der Waals surface area contributed by atoms with Gasteiger partial charge in [0.05, 0.1) is 11.6 Å². The van der Waals surface area contributed by atoms with Crippen molar-refractivity contribution in [2.45, 2.75) is 39.3 Å². The maximum Gasteiger partial charge on any atom is 0.179 e. The fraction of sp³-hybridized carbons (Fsp3) is 0.533. The molecule has 1 aromatic carbocycles. The van der Waals surface area contributed by atoms with Crippen LogP contribution in [0.2, 0.25) is 0 Å². The highest BCUT2D eigenvalue weighted by atomic mass is 19.2. The minimum atomic E-state index is -1.03. The first-order valence-corrected chi connectivity index (χ1v) is 6.61. The van der Waals surface area contributed by atoms with Gasteiger partial charge in [-0.2, -0.15) is 0 Å². The van der Waals surface area contributed by atoms with Gasteiger partial charge in [0.25, 0.3) is 0 Å². The Balaban J connectivity index is 2.91. The monoisotopic (exact) mass is 285 g/mol. The summed E-state index contributed by atoms with van der Waals surface area (Å²) in [7, 11) is 0. The molecule has 1 aromatic rings. The van der Waals surface area contributed by atoms with Crippen LogP contribution in [0, 0.1) is 11.6 Å². The highest BCUT2D eigenvalue weighted by Crippen LogP contribution is 2.15. The number of halogens is 2. The molecule has 0 aliphatic heterocycles. The molecule has 0 bridgehead atoms. The standard InChI is InChI=1S/C15H21F2NO2/c1-5-18(9-15(3,4)20)10(2)14(19)11-6-7-12(16)13(17)8-11/h6-8,10,20H,5,9H2,1-4H3. The Hall–Kier alpha value is -1.33. The number of Topliss-reactive ketones (excluding diaryl/α,β-unsaturated/α-hetero) is 1. The Morgan fingerprint density at radius 2 is 1.95 bits per heavy atom. The molecule has 1 N–H and O–H groups in total. The van der Waals surface area contributed by atoms with Crippen LogP contribution < -0.4 is 0 Å². The van der Waals surface area contributed by atoms with Crippen LogP contribution in [0.5, 0.6) is 0 Å². The minimum Gasteiger partial charge on any atom is -0.389 e. The van der Waals surface area contributed by atoms with E-state index in [0.29, 0.717) is 13.1 Å². The van der Waals surface area contributed by atoms with Crippen molar-refractivity contribution in [3.8, 4) is 0 Å². The molecule has 0 aliphatic carbocycles. The van der Waals surface area contributed by atoms with Crippen LogP contribution in [-0.2, 0) is 0 Å². The third-order valence-corrected chi connectivity index (χ3v) is 3.13. The van der Waals surface area contributed by atoms with Crippen molar-refractivity contribution in [3.63, 3.8) is 0 Å². The van der Waals surface area contributed by atoms with Gasteiger partial charge in [0.15, 0.2) is 17.4 Å². The molecule has 0 radical (unpaired) electrons. The van der Waals surface area contributed by atoms with E-state index in [9.17, 15) is 18.7 Å². The molecule has 0 spiro atoms. The van der Waals surface area contributed by atoms with Crippen LogP contribution in [0.15, 0.2) is 18.2 Å². The summed E-state index contributed by atoms with van der Waals surface area (Å²) in [6.45, 7) is 7.77. The highest BCUT2D eigenvalue weighted by molar-refractivity contribution is 5.99. The molecule has 112 valence electrons. The normalized spacial score (nSPS) is 13.6. The molecule has 3 nitrogen and oxygen atoms in total. The van der Waals surface area contributed by atoms with Crippen LogP contribution in [0.3, 0.4) is 0 Å². The van der Waals surface area contributed by atoms with Crippen LogP contribution in [-0.4, -0.2) is 40.5 Å². The van der Waals surface area contributed by atoms with Crippen molar-refractivity contribution < 1.29 is 18.7 Å². The Morgan fingerprint density at radius 1 is 1.35 bits per heavy atom. The van der Waals surface area contributed by atoms with Gasteiger partial charge < -0.3 is 5.11 Å². The number of hydrogen-bond acceptors (Lipinski definition) is 3. The lowest BCUT2D eigenvalue weighted by atomic mass is 10.0. The van der Waals surface area contributed by atoms with Crippen molar-refractivity contribution in [3.05, 3.63) is 35.4 Å². The number of likely N-dealkylation sites (N-methyl/N-ethyl adjacent to an activating group) is 1. The van der Waals surface area contributed by atoms with Gasteiger partial charge >= 0.3 is 0 Å². The Kier molecular flexibility index (Phi) is 5.36. The fourth-order valence-electron chi connectivity index (χ4n) is 2.08. The summed E-state index contributed by atoms with van der Waals surface area (Å²) < 4.78 is 26.1. The number of benzene rings is 1. The van der Waals surface area contributed by atoms with Crippen LogP contribution in [0.4, 0.5) is 8.78 Å². The number of aliphatic hydroxyl groups is 1. The minimum absolute atomic E-state index is 0.130. The van der Waals surface area contributed by atoms with Gasteiger partial charge in [0.1, 0.15) is 0 Å². The second kappa shape index (κ2) is 6.41. The summed E-state index contributed by atoms with van der Waals surface area (Å²) >= 11 is 0. The van der Waals surface area contributed by atoms with E-state index >= 15 is 0 Å². The summed E-state index contributed by atoms with van der Waals surface area (Å²) in [5.41, 5.74) is -0.802. The molecule has 20 heavy (non-hydrogen) atoms. The van der Waals surface area contributed by atoms with E-state index in [1.807, 2.05) is 6.92 Å². The molecule has 0 saturated heterocycles. The van der Waals surface area contributed by atoms with E-state index in [4.69, 9.17) is 0 Å². The summed E-state index contributed by atoms with van der Waals surface area (Å²) in [4.78, 5) is 14.1. The predicted octanol–water partition coefficient (Wildman–Crippen LogP) is 2.63. The number of ketones is 1. The number of carbonyl (C=O) groups is 1. The highest BCUT2D eigenvalue weighted by Gasteiger charge is 2.26. The van der Waals surface area contributed by atoms with Gasteiger partial charge in [-0.3, -0.25) is 9.69 Å². The van der Waals surface area contributed by atoms with E-state index < -0.39 is 23.3 Å². The SMILES string of the molecule is CCN(CC(C)(C)O)C(C)C(=O)c1ccc(F)c(F)c1. The second-order valence-corrected chi connectivity index (χ2v) is 5.54. The summed E-state index contributed by atoms with van der Waals surface area (Å²) in [6.07, 6.45) is 0. The first-order valence-electron chi connectivity index (χ1n) is 6.61. The number of hydrogen-bond donors (Lipinski definition) is 1. The fourth-order valence-corrected chi connectivity index (χ4v) is 2.08. The summed E-state index contributed by atoms with van der Waals surface area (Å²) in [6, 6.07) is 2.61. The van der Waals surface area contributed by atoms with Crippen LogP contribution in [0.1, 0.15) is 38.1 Å². The van der Waals surface area contributed by atoms with E-state index in [1.165, 1.54) is 6.07 Å². The smallest absolute Gasteiger partial charge is 0.179 e. The van der Waals surface area contributed by atoms with Gasteiger partial charge in [0, 0.05) is 12.1 Å². The zero-order valence-electron chi connectivity index (χ0n) is 12.3. The van der Waals surface area contributed by atoms with Crippen molar-refractivity contribution >= 4 is 5.78 Å². The van der Waals surface area contributed by atoms with E-state index in [2.05, 4.69) is 0 Å². The lowest BCUT2D eigenvalue weighted by molar-refractivity contribution is 0.0254. The molecular formula is C15H21F2NO2. The van der Waals surface area contributed by atoms with Gasteiger partial charge in [-0.15, -0.1) is 0 Å². The van der Waals surface area contributed by atoms with Gasteiger partial charge in [-0.1, -0.05) is 6.92 Å². The van der Waals surface area contributed by atoms with Gasteiger partial charge in [-0.25, -0.2) is 8.78 Å². The number of rotatable bonds is 6. The molecule has 1 atom stereocenters. The first-order chi connectivity index (χ1) is 9.15. The lowest BCUT2D eigenvalue weighted by Gasteiger charge is -2.32. The molecule has 1 unspecified atom stereocenters. The maximum absolute atomic E-state index is 13.2. The lowest BCUT2D eigenvalue weighted by Crippen LogP contribution is -2.46. The molecule has 0 fully saturated rings. The molecule has 0 aliphatic rings. The summed E-state index contributed by atoms with van der Waals surface area (Å²) in [5.74, 6) is -2.30. The van der Waals surface area contributed by atoms with Gasteiger partial charge in [0.2, 0.25) is 0 Å². The molecule has 0 heterocycles. The van der Waals surface area contributed by atoms with Crippen molar-refractivity contribution in [2.24, 2.45) is 0 Å².